The van der Waals surface area contributed by atoms with Crippen molar-refractivity contribution in [3.8, 4) is 11.4 Å². The van der Waals surface area contributed by atoms with Crippen LogP contribution >= 0.6 is 11.6 Å². The van der Waals surface area contributed by atoms with Crippen molar-refractivity contribution in [1.82, 2.24) is 18.4 Å². The number of anilines is 1. The molecule has 11 nitrogen and oxygen atoms in total. The van der Waals surface area contributed by atoms with Crippen LogP contribution in [0, 0.1) is 0 Å². The largest absolute Gasteiger partial charge is 0.483 e. The van der Waals surface area contributed by atoms with Gasteiger partial charge in [0.15, 0.2) is 0 Å². The van der Waals surface area contributed by atoms with Crippen LogP contribution in [0.2, 0.25) is 5.02 Å². The number of nitrogens with zero attached hydrogens (tertiary/aromatic N) is 5. The number of rotatable bonds is 7. The minimum atomic E-state index is -3.38. The molecule has 37 heavy (non-hydrogen) atoms. The number of aromatic nitrogens is 2. The smallest absolute Gasteiger partial charge is 0.316 e. The Labute approximate surface area is 222 Å². The van der Waals surface area contributed by atoms with E-state index in [4.69, 9.17) is 16.3 Å². The molecule has 0 bridgehead atoms. The summed E-state index contributed by atoms with van der Waals surface area (Å²) in [7, 11) is -6.68. The van der Waals surface area contributed by atoms with E-state index in [2.05, 4.69) is 5.10 Å². The predicted octanol–water partition coefficient (Wildman–Crippen LogP) is 1.55. The van der Waals surface area contributed by atoms with E-state index in [1.165, 1.54) is 19.5 Å². The van der Waals surface area contributed by atoms with Gasteiger partial charge in [0.2, 0.25) is 25.8 Å². The van der Waals surface area contributed by atoms with Crippen LogP contribution in [0.15, 0.2) is 35.3 Å². The second-order valence-electron chi connectivity index (χ2n) is 9.51. The summed E-state index contributed by atoms with van der Waals surface area (Å²) < 4.78 is 59.3. The molecular formula is C23H32ClN5O6S2. The molecule has 0 spiro atoms. The molecule has 1 aromatic heterocycles. The number of halogens is 1. The molecule has 2 fully saturated rings. The zero-order chi connectivity index (χ0) is 27.0. The Morgan fingerprint density at radius 3 is 2.22 bits per heavy atom. The first-order valence-electron chi connectivity index (χ1n) is 12.1. The van der Waals surface area contributed by atoms with Crippen LogP contribution in [0.1, 0.15) is 26.7 Å². The van der Waals surface area contributed by atoms with Crippen molar-refractivity contribution in [3.63, 3.8) is 0 Å². The summed E-state index contributed by atoms with van der Waals surface area (Å²) in [5.74, 6) is 0.105. The summed E-state index contributed by atoms with van der Waals surface area (Å²) in [6.45, 7) is 5.23. The topological polar surface area (TPSA) is 122 Å². The average Bonchev–Trinajstić information content (AvgIpc) is 2.85. The summed E-state index contributed by atoms with van der Waals surface area (Å²) in [6, 6.07) is 6.75. The van der Waals surface area contributed by atoms with E-state index in [0.29, 0.717) is 55.4 Å². The highest BCUT2D eigenvalue weighted by atomic mass is 35.5. The molecule has 1 aromatic carbocycles. The van der Waals surface area contributed by atoms with Crippen molar-refractivity contribution in [1.29, 1.82) is 0 Å². The Hall–Kier alpha value is -2.19. The number of benzene rings is 1. The van der Waals surface area contributed by atoms with Crippen molar-refractivity contribution in [3.05, 3.63) is 45.8 Å². The molecule has 0 unspecified atom stereocenters. The van der Waals surface area contributed by atoms with Gasteiger partial charge in [-0.1, -0.05) is 17.7 Å². The Kier molecular flexibility index (Phi) is 8.19. The van der Waals surface area contributed by atoms with E-state index in [9.17, 15) is 21.6 Å². The van der Waals surface area contributed by atoms with Crippen molar-refractivity contribution in [2.24, 2.45) is 0 Å². The van der Waals surface area contributed by atoms with Crippen LogP contribution in [-0.4, -0.2) is 92.1 Å². The Morgan fingerprint density at radius 2 is 1.65 bits per heavy atom. The van der Waals surface area contributed by atoms with E-state index in [1.807, 2.05) is 4.90 Å². The molecule has 14 heteroatoms. The van der Waals surface area contributed by atoms with Gasteiger partial charge in [-0.2, -0.15) is 14.1 Å². The van der Waals surface area contributed by atoms with Gasteiger partial charge < -0.3 is 9.64 Å². The summed E-state index contributed by atoms with van der Waals surface area (Å²) in [5.41, 5.74) is 0.492. The number of hydrogen-bond acceptors (Lipinski definition) is 8. The van der Waals surface area contributed by atoms with Gasteiger partial charge in [0, 0.05) is 44.3 Å². The van der Waals surface area contributed by atoms with Gasteiger partial charge in [0.25, 0.3) is 0 Å². The van der Waals surface area contributed by atoms with Gasteiger partial charge in [0.1, 0.15) is 11.8 Å². The Bertz CT molecular complexity index is 1400. The zero-order valence-corrected chi connectivity index (χ0v) is 23.5. The maximum atomic E-state index is 13.6. The molecular weight excluding hydrogens is 542 g/mol. The highest BCUT2D eigenvalue weighted by Crippen LogP contribution is 2.29. The highest BCUT2D eigenvalue weighted by molar-refractivity contribution is 7.89. The van der Waals surface area contributed by atoms with Crippen molar-refractivity contribution in [2.75, 3.05) is 50.4 Å². The second-order valence-corrected chi connectivity index (χ2v) is 14.4. The lowest BCUT2D eigenvalue weighted by Gasteiger charge is -2.37. The van der Waals surface area contributed by atoms with E-state index >= 15 is 0 Å². The first kappa shape index (κ1) is 27.8. The number of piperidine rings is 1. The summed E-state index contributed by atoms with van der Waals surface area (Å²) >= 11 is 6.13. The second kappa shape index (κ2) is 10.9. The van der Waals surface area contributed by atoms with E-state index in [0.717, 1.165) is 0 Å². The third-order valence-electron chi connectivity index (χ3n) is 6.66. The Morgan fingerprint density at radius 1 is 1.00 bits per heavy atom. The van der Waals surface area contributed by atoms with E-state index in [-0.39, 0.29) is 24.9 Å². The molecule has 0 saturated carbocycles. The lowest BCUT2D eigenvalue weighted by atomic mass is 10.1. The lowest BCUT2D eigenvalue weighted by molar-refractivity contribution is 0.133. The van der Waals surface area contributed by atoms with Gasteiger partial charge in [0.05, 0.1) is 23.4 Å². The normalized spacial score (nSPS) is 18.9. The third-order valence-corrected chi connectivity index (χ3v) is 10.5. The van der Waals surface area contributed by atoms with Gasteiger partial charge in [-0.15, -0.1) is 0 Å². The molecule has 2 aromatic rings. The van der Waals surface area contributed by atoms with Gasteiger partial charge in [-0.05, 0) is 44.9 Å². The fraction of sp³-hybridized carbons (Fsp3) is 0.565. The third kappa shape index (κ3) is 6.11. The molecule has 3 heterocycles. The molecule has 0 atom stereocenters. The van der Waals surface area contributed by atoms with Crippen LogP contribution in [0.4, 0.5) is 5.69 Å². The molecule has 4 rings (SSSR count). The number of piperazine rings is 1. The molecule has 2 aliphatic heterocycles. The molecule has 0 amide bonds. The van der Waals surface area contributed by atoms with Crippen molar-refractivity contribution >= 4 is 37.3 Å². The van der Waals surface area contributed by atoms with Gasteiger partial charge in [-0.3, -0.25) is 4.79 Å². The zero-order valence-electron chi connectivity index (χ0n) is 21.1. The first-order valence-corrected chi connectivity index (χ1v) is 15.8. The van der Waals surface area contributed by atoms with Crippen molar-refractivity contribution < 1.29 is 21.6 Å². The molecule has 2 aliphatic rings. The minimum Gasteiger partial charge on any atom is -0.483 e. The summed E-state index contributed by atoms with van der Waals surface area (Å²) in [6.07, 6.45) is 3.24. The summed E-state index contributed by atoms with van der Waals surface area (Å²) in [4.78, 5) is 15.6. The van der Waals surface area contributed by atoms with Crippen LogP contribution in [-0.2, 0) is 20.0 Å². The van der Waals surface area contributed by atoms with Crippen LogP contribution in [0.3, 0.4) is 0 Å². The standard InChI is InChI=1S/C23H32ClN5O6S2/c1-17(2)37(33,34)28-13-11-26(12-14-28)21-16-25-29(19-6-4-5-18(24)15-19)23(30)22(21)35-20-7-9-27(10-8-20)36(3,31)32/h4-6,15-17,20H,7-14H2,1-3H3. The monoisotopic (exact) mass is 573 g/mol. The van der Waals surface area contributed by atoms with E-state index in [1.54, 1.807) is 44.3 Å². The van der Waals surface area contributed by atoms with Crippen molar-refractivity contribution in [2.45, 2.75) is 38.0 Å². The van der Waals surface area contributed by atoms with Crippen LogP contribution < -0.4 is 15.2 Å². The Balaban J connectivity index is 1.64. The fourth-order valence-corrected chi connectivity index (χ4v) is 6.81. The molecule has 0 radical (unpaired) electrons. The van der Waals surface area contributed by atoms with Crippen LogP contribution in [0.5, 0.6) is 5.75 Å². The number of hydrogen-bond donors (Lipinski definition) is 0. The molecule has 204 valence electrons. The lowest BCUT2D eigenvalue weighted by Crippen LogP contribution is -2.51. The van der Waals surface area contributed by atoms with Crippen LogP contribution in [0.25, 0.3) is 5.69 Å². The summed E-state index contributed by atoms with van der Waals surface area (Å²) in [5, 5.41) is 4.30. The quantitative estimate of drug-likeness (QED) is 0.489. The molecule has 2 saturated heterocycles. The average molecular weight is 574 g/mol. The van der Waals surface area contributed by atoms with Gasteiger partial charge >= 0.3 is 5.56 Å². The highest BCUT2D eigenvalue weighted by Gasteiger charge is 2.32. The van der Waals surface area contributed by atoms with Gasteiger partial charge in [-0.25, -0.2) is 21.1 Å². The first-order chi connectivity index (χ1) is 17.4. The molecule has 0 aliphatic carbocycles. The number of ether oxygens (including phenoxy) is 1. The SMILES string of the molecule is CC(C)S(=O)(=O)N1CCN(c2cnn(-c3cccc(Cl)c3)c(=O)c2OC2CCN(S(C)(=O)=O)CC2)CC1. The fourth-order valence-electron chi connectivity index (χ4n) is 4.49. The maximum Gasteiger partial charge on any atom is 0.316 e. The maximum absolute atomic E-state index is 13.6. The predicted molar refractivity (Wildman–Crippen MR) is 143 cm³/mol. The number of sulfonamides is 2. The van der Waals surface area contributed by atoms with E-state index < -0.39 is 30.9 Å². The minimum absolute atomic E-state index is 0.105. The molecule has 0 N–H and O–H groups in total.